The van der Waals surface area contributed by atoms with Gasteiger partial charge in [-0.05, 0) is 32.0 Å². The lowest BCUT2D eigenvalue weighted by atomic mass is 10.1. The van der Waals surface area contributed by atoms with E-state index in [1.807, 2.05) is 0 Å². The number of benzene rings is 1. The van der Waals surface area contributed by atoms with Crippen LogP contribution in [0.15, 0.2) is 24.3 Å². The highest BCUT2D eigenvalue weighted by Gasteiger charge is 2.36. The van der Waals surface area contributed by atoms with Crippen molar-refractivity contribution in [2.75, 3.05) is 4.90 Å². The van der Waals surface area contributed by atoms with Gasteiger partial charge in [-0.3, -0.25) is 14.9 Å². The molecule has 1 aliphatic heterocycles. The summed E-state index contributed by atoms with van der Waals surface area (Å²) in [6.07, 6.45) is 0. The Balaban J connectivity index is 2.40. The van der Waals surface area contributed by atoms with Crippen molar-refractivity contribution >= 4 is 17.5 Å². The molecule has 0 radical (unpaired) electrons. The SMILES string of the molecule is CC1C(=O)NC(=O)C(C)N1c1cccc(F)c1. The van der Waals surface area contributed by atoms with E-state index < -0.39 is 12.1 Å². The van der Waals surface area contributed by atoms with Crippen LogP contribution < -0.4 is 10.2 Å². The number of nitrogens with one attached hydrogen (secondary N) is 1. The minimum absolute atomic E-state index is 0.364. The van der Waals surface area contributed by atoms with E-state index in [-0.39, 0.29) is 17.6 Å². The van der Waals surface area contributed by atoms with E-state index in [0.29, 0.717) is 5.69 Å². The van der Waals surface area contributed by atoms with Crippen LogP contribution in [0.25, 0.3) is 0 Å². The summed E-state index contributed by atoms with van der Waals surface area (Å²) in [4.78, 5) is 24.7. The zero-order valence-corrected chi connectivity index (χ0v) is 9.61. The molecule has 2 unspecified atom stereocenters. The minimum atomic E-state index is -0.496. The maximum absolute atomic E-state index is 13.2. The van der Waals surface area contributed by atoms with Crippen molar-refractivity contribution in [3.63, 3.8) is 0 Å². The number of amides is 2. The molecule has 1 fully saturated rings. The molecule has 2 amide bonds. The zero-order valence-electron chi connectivity index (χ0n) is 9.61. The molecule has 1 aromatic rings. The molecule has 2 atom stereocenters. The Morgan fingerprint density at radius 2 is 1.76 bits per heavy atom. The summed E-state index contributed by atoms with van der Waals surface area (Å²) in [5.74, 6) is -1.12. The second-order valence-corrected chi connectivity index (χ2v) is 4.09. The molecule has 1 saturated heterocycles. The highest BCUT2D eigenvalue weighted by molar-refractivity contribution is 6.06. The van der Waals surface area contributed by atoms with Crippen LogP contribution in [0.1, 0.15) is 13.8 Å². The topological polar surface area (TPSA) is 49.4 Å². The number of hydrogen-bond donors (Lipinski definition) is 1. The van der Waals surface area contributed by atoms with Crippen LogP contribution in [-0.4, -0.2) is 23.9 Å². The molecular formula is C12H13FN2O2. The lowest BCUT2D eigenvalue weighted by Crippen LogP contribution is -2.61. The number of imide groups is 1. The van der Waals surface area contributed by atoms with E-state index in [9.17, 15) is 14.0 Å². The van der Waals surface area contributed by atoms with Gasteiger partial charge in [-0.25, -0.2) is 4.39 Å². The number of carbonyl (C=O) groups is 2. The number of hydrogen-bond acceptors (Lipinski definition) is 3. The van der Waals surface area contributed by atoms with Gasteiger partial charge < -0.3 is 4.90 Å². The summed E-state index contributed by atoms with van der Waals surface area (Å²) in [5, 5.41) is 2.28. The molecular weight excluding hydrogens is 223 g/mol. The first-order chi connectivity index (χ1) is 8.00. The van der Waals surface area contributed by atoms with E-state index in [1.54, 1.807) is 30.9 Å². The summed E-state index contributed by atoms with van der Waals surface area (Å²) >= 11 is 0. The number of rotatable bonds is 1. The average molecular weight is 236 g/mol. The van der Waals surface area contributed by atoms with E-state index in [2.05, 4.69) is 5.32 Å². The number of nitrogens with zero attached hydrogens (tertiary/aromatic N) is 1. The first kappa shape index (κ1) is 11.6. The van der Waals surface area contributed by atoms with Gasteiger partial charge in [0.1, 0.15) is 17.9 Å². The quantitative estimate of drug-likeness (QED) is 0.742. The third kappa shape index (κ3) is 2.00. The molecule has 0 bridgehead atoms. The predicted octanol–water partition coefficient (Wildman–Crippen LogP) is 1.07. The number of carbonyl (C=O) groups excluding carboxylic acids is 2. The average Bonchev–Trinajstić information content (AvgIpc) is 2.27. The molecule has 4 nitrogen and oxygen atoms in total. The van der Waals surface area contributed by atoms with Crippen molar-refractivity contribution in [3.05, 3.63) is 30.1 Å². The molecule has 0 saturated carbocycles. The monoisotopic (exact) mass is 236 g/mol. The number of anilines is 1. The zero-order chi connectivity index (χ0) is 12.6. The maximum atomic E-state index is 13.2. The summed E-state index contributed by atoms with van der Waals surface area (Å²) in [6, 6.07) is 4.89. The van der Waals surface area contributed by atoms with E-state index >= 15 is 0 Å². The smallest absolute Gasteiger partial charge is 0.249 e. The Kier molecular flexibility index (Phi) is 2.83. The van der Waals surface area contributed by atoms with Gasteiger partial charge >= 0.3 is 0 Å². The van der Waals surface area contributed by atoms with Crippen LogP contribution >= 0.6 is 0 Å². The fourth-order valence-corrected chi connectivity index (χ4v) is 2.00. The number of piperazine rings is 1. The largest absolute Gasteiger partial charge is 0.348 e. The molecule has 1 N–H and O–H groups in total. The summed E-state index contributed by atoms with van der Waals surface area (Å²) < 4.78 is 13.2. The Morgan fingerprint density at radius 1 is 1.18 bits per heavy atom. The Morgan fingerprint density at radius 3 is 2.29 bits per heavy atom. The Labute approximate surface area is 98.4 Å². The van der Waals surface area contributed by atoms with Crippen LogP contribution in [0, 0.1) is 5.82 Å². The lowest BCUT2D eigenvalue weighted by Gasteiger charge is -2.38. The first-order valence-corrected chi connectivity index (χ1v) is 5.39. The fourth-order valence-electron chi connectivity index (χ4n) is 2.00. The minimum Gasteiger partial charge on any atom is -0.348 e. The van der Waals surface area contributed by atoms with Crippen molar-refractivity contribution < 1.29 is 14.0 Å². The van der Waals surface area contributed by atoms with Gasteiger partial charge in [0, 0.05) is 5.69 Å². The van der Waals surface area contributed by atoms with Crippen LogP contribution in [0.2, 0.25) is 0 Å². The fraction of sp³-hybridized carbons (Fsp3) is 0.333. The third-order valence-corrected chi connectivity index (χ3v) is 2.95. The second-order valence-electron chi connectivity index (χ2n) is 4.09. The molecule has 17 heavy (non-hydrogen) atoms. The van der Waals surface area contributed by atoms with Gasteiger partial charge in [0.15, 0.2) is 0 Å². The van der Waals surface area contributed by atoms with Crippen LogP contribution in [0.5, 0.6) is 0 Å². The van der Waals surface area contributed by atoms with Crippen molar-refractivity contribution in [2.45, 2.75) is 25.9 Å². The van der Waals surface area contributed by atoms with Crippen molar-refractivity contribution in [2.24, 2.45) is 0 Å². The molecule has 1 aliphatic rings. The van der Waals surface area contributed by atoms with Gasteiger partial charge in [0.2, 0.25) is 11.8 Å². The summed E-state index contributed by atoms with van der Waals surface area (Å²) in [6.45, 7) is 3.37. The highest BCUT2D eigenvalue weighted by atomic mass is 19.1. The molecule has 1 aromatic carbocycles. The van der Waals surface area contributed by atoms with Gasteiger partial charge in [-0.2, -0.15) is 0 Å². The molecule has 2 rings (SSSR count). The second kappa shape index (κ2) is 4.16. The third-order valence-electron chi connectivity index (χ3n) is 2.95. The van der Waals surface area contributed by atoms with E-state index in [0.717, 1.165) is 0 Å². The molecule has 0 aromatic heterocycles. The van der Waals surface area contributed by atoms with Gasteiger partial charge in [0.25, 0.3) is 0 Å². The molecule has 90 valence electrons. The first-order valence-electron chi connectivity index (χ1n) is 5.39. The molecule has 5 heteroatoms. The Hall–Kier alpha value is -1.91. The lowest BCUT2D eigenvalue weighted by molar-refractivity contribution is -0.134. The standard InChI is InChI=1S/C12H13FN2O2/c1-7-11(16)14-12(17)8(2)15(7)10-5-3-4-9(13)6-10/h3-8H,1-2H3,(H,14,16,17). The Bertz CT molecular complexity index is 455. The van der Waals surface area contributed by atoms with Crippen LogP contribution in [0.3, 0.4) is 0 Å². The highest BCUT2D eigenvalue weighted by Crippen LogP contribution is 2.23. The van der Waals surface area contributed by atoms with Crippen LogP contribution in [0.4, 0.5) is 10.1 Å². The molecule has 1 heterocycles. The summed E-state index contributed by atoms with van der Waals surface area (Å²) in [5.41, 5.74) is 0.535. The van der Waals surface area contributed by atoms with Crippen LogP contribution in [-0.2, 0) is 9.59 Å². The van der Waals surface area contributed by atoms with Gasteiger partial charge in [-0.1, -0.05) is 6.07 Å². The number of halogens is 1. The van der Waals surface area contributed by atoms with Crippen molar-refractivity contribution in [1.29, 1.82) is 0 Å². The molecule has 0 aliphatic carbocycles. The van der Waals surface area contributed by atoms with Gasteiger partial charge in [0.05, 0.1) is 0 Å². The normalized spacial score (nSPS) is 24.8. The predicted molar refractivity (Wildman–Crippen MR) is 61.0 cm³/mol. The van der Waals surface area contributed by atoms with Crippen molar-refractivity contribution in [1.82, 2.24) is 5.32 Å². The van der Waals surface area contributed by atoms with E-state index in [4.69, 9.17) is 0 Å². The maximum Gasteiger partial charge on any atom is 0.249 e. The summed E-state index contributed by atoms with van der Waals surface area (Å²) in [7, 11) is 0. The van der Waals surface area contributed by atoms with Crippen molar-refractivity contribution in [3.8, 4) is 0 Å². The van der Waals surface area contributed by atoms with E-state index in [1.165, 1.54) is 12.1 Å². The van der Waals surface area contributed by atoms with Gasteiger partial charge in [-0.15, -0.1) is 0 Å². The molecule has 0 spiro atoms.